The molecule has 2 aromatic carbocycles. The molecule has 1 heterocycles. The maximum atomic E-state index is 12.5. The van der Waals surface area contributed by atoms with E-state index in [-0.39, 0.29) is 5.91 Å². The van der Waals surface area contributed by atoms with E-state index in [0.717, 1.165) is 0 Å². The van der Waals surface area contributed by atoms with Crippen molar-refractivity contribution in [3.8, 4) is 11.5 Å². The van der Waals surface area contributed by atoms with Crippen LogP contribution in [0.2, 0.25) is 10.0 Å². The first kappa shape index (κ1) is 18.4. The summed E-state index contributed by atoms with van der Waals surface area (Å²) in [6.07, 6.45) is -0.480. The molecular weight excluding hydrogens is 379 g/mol. The Morgan fingerprint density at radius 1 is 1.19 bits per heavy atom. The molecule has 136 valence electrons. The fourth-order valence-corrected chi connectivity index (χ4v) is 3.04. The Labute approximate surface area is 160 Å². The van der Waals surface area contributed by atoms with Crippen LogP contribution in [0.4, 0.5) is 5.69 Å². The quantitative estimate of drug-likeness (QED) is 0.826. The second-order valence-corrected chi connectivity index (χ2v) is 6.36. The summed E-state index contributed by atoms with van der Waals surface area (Å²) in [6.45, 7) is 0. The number of hydrogen-bond donors (Lipinski definition) is 1. The molecule has 3 rings (SSSR count). The molecule has 0 spiro atoms. The van der Waals surface area contributed by atoms with Crippen LogP contribution >= 0.6 is 23.2 Å². The minimum atomic E-state index is -0.771. The van der Waals surface area contributed by atoms with Crippen molar-refractivity contribution < 1.29 is 19.1 Å². The Balaban J connectivity index is 1.71. The average molecular weight is 395 g/mol. The Morgan fingerprint density at radius 2 is 2.00 bits per heavy atom. The number of oxime groups is 1. The maximum Gasteiger partial charge on any atom is 0.268 e. The van der Waals surface area contributed by atoms with Gasteiger partial charge in [-0.3, -0.25) is 4.79 Å². The molecule has 0 saturated carbocycles. The van der Waals surface area contributed by atoms with Gasteiger partial charge in [-0.2, -0.15) is 0 Å². The van der Waals surface area contributed by atoms with Crippen LogP contribution in [0.15, 0.2) is 41.6 Å². The zero-order chi connectivity index (χ0) is 18.7. The van der Waals surface area contributed by atoms with Gasteiger partial charge in [-0.05, 0) is 24.3 Å². The van der Waals surface area contributed by atoms with Crippen molar-refractivity contribution in [2.45, 2.75) is 12.5 Å². The largest absolute Gasteiger partial charge is 0.497 e. The number of anilines is 1. The van der Waals surface area contributed by atoms with Crippen molar-refractivity contribution >= 4 is 40.5 Å². The molecule has 0 unspecified atom stereocenters. The van der Waals surface area contributed by atoms with Crippen molar-refractivity contribution in [2.75, 3.05) is 19.5 Å². The number of nitrogens with zero attached hydrogens (tertiary/aromatic N) is 1. The van der Waals surface area contributed by atoms with Crippen molar-refractivity contribution in [2.24, 2.45) is 5.16 Å². The van der Waals surface area contributed by atoms with Crippen LogP contribution in [0, 0.1) is 0 Å². The van der Waals surface area contributed by atoms with Crippen LogP contribution < -0.4 is 14.8 Å². The lowest BCUT2D eigenvalue weighted by Gasteiger charge is -2.13. The molecule has 0 saturated heterocycles. The van der Waals surface area contributed by atoms with E-state index in [2.05, 4.69) is 10.5 Å². The zero-order valence-corrected chi connectivity index (χ0v) is 15.6. The molecule has 0 radical (unpaired) electrons. The fraction of sp³-hybridized carbons (Fsp3) is 0.222. The Kier molecular flexibility index (Phi) is 5.54. The monoisotopic (exact) mass is 394 g/mol. The summed E-state index contributed by atoms with van der Waals surface area (Å²) in [7, 11) is 3.07. The standard InChI is InChI=1S/C18H16Cl2N2O4/c1-24-11-4-6-16(25-2)15(8-11)21-18(23)17-9-14(22-26-17)12-5-3-10(19)7-13(12)20/h3-8,17H,9H2,1-2H3,(H,21,23)/t17-/m1/s1. The van der Waals surface area contributed by atoms with Gasteiger partial charge in [0.25, 0.3) is 5.91 Å². The van der Waals surface area contributed by atoms with Crippen LogP contribution in [0.1, 0.15) is 12.0 Å². The fourth-order valence-electron chi connectivity index (χ4n) is 2.53. The molecule has 6 nitrogen and oxygen atoms in total. The lowest BCUT2D eigenvalue weighted by atomic mass is 10.0. The Morgan fingerprint density at radius 3 is 2.69 bits per heavy atom. The summed E-state index contributed by atoms with van der Waals surface area (Å²) in [5.41, 5.74) is 1.76. The molecule has 0 bridgehead atoms. The molecule has 8 heteroatoms. The van der Waals surface area contributed by atoms with E-state index in [1.165, 1.54) is 7.11 Å². The number of ether oxygens (including phenoxy) is 2. The Bertz CT molecular complexity index is 870. The molecule has 1 aliphatic rings. The predicted molar refractivity (Wildman–Crippen MR) is 101 cm³/mol. The average Bonchev–Trinajstić information content (AvgIpc) is 3.11. The van der Waals surface area contributed by atoms with Crippen molar-refractivity contribution in [3.63, 3.8) is 0 Å². The highest BCUT2D eigenvalue weighted by atomic mass is 35.5. The van der Waals surface area contributed by atoms with E-state index in [0.29, 0.717) is 44.9 Å². The number of nitrogens with one attached hydrogen (secondary N) is 1. The van der Waals surface area contributed by atoms with Gasteiger partial charge in [0.05, 0.1) is 30.6 Å². The van der Waals surface area contributed by atoms with Gasteiger partial charge in [-0.25, -0.2) is 0 Å². The zero-order valence-electron chi connectivity index (χ0n) is 14.1. The summed E-state index contributed by atoms with van der Waals surface area (Å²) in [6, 6.07) is 10.2. The van der Waals surface area contributed by atoms with E-state index < -0.39 is 6.10 Å². The van der Waals surface area contributed by atoms with Crippen LogP contribution in [0.25, 0.3) is 0 Å². The number of carbonyl (C=O) groups excluding carboxylic acids is 1. The number of carbonyl (C=O) groups is 1. The Hall–Kier alpha value is -2.44. The summed E-state index contributed by atoms with van der Waals surface area (Å²) in [5.74, 6) is 0.762. The van der Waals surface area contributed by atoms with Gasteiger partial charge in [-0.1, -0.05) is 34.4 Å². The third kappa shape index (κ3) is 3.86. The molecule has 1 amide bonds. The minimum Gasteiger partial charge on any atom is -0.497 e. The SMILES string of the molecule is COc1ccc(OC)c(NC(=O)[C@H]2CC(c3ccc(Cl)cc3Cl)=NO2)c1. The number of halogens is 2. The summed E-state index contributed by atoms with van der Waals surface area (Å²) < 4.78 is 10.4. The lowest BCUT2D eigenvalue weighted by molar-refractivity contribution is -0.125. The first-order valence-corrected chi connectivity index (χ1v) is 8.48. The van der Waals surface area contributed by atoms with Crippen molar-refractivity contribution in [1.82, 2.24) is 0 Å². The smallest absolute Gasteiger partial charge is 0.268 e. The van der Waals surface area contributed by atoms with Crippen molar-refractivity contribution in [3.05, 3.63) is 52.0 Å². The van der Waals surface area contributed by atoms with Crippen LogP contribution in [0.3, 0.4) is 0 Å². The van der Waals surface area contributed by atoms with E-state index in [9.17, 15) is 4.79 Å². The second-order valence-electron chi connectivity index (χ2n) is 5.52. The van der Waals surface area contributed by atoms with Crippen LogP contribution in [-0.4, -0.2) is 31.9 Å². The topological polar surface area (TPSA) is 69.2 Å². The van der Waals surface area contributed by atoms with Gasteiger partial charge in [0.2, 0.25) is 6.10 Å². The molecule has 0 aliphatic carbocycles. The van der Waals surface area contributed by atoms with E-state index in [1.807, 2.05) is 0 Å². The highest BCUT2D eigenvalue weighted by molar-refractivity contribution is 6.37. The molecule has 2 aromatic rings. The number of amides is 1. The van der Waals surface area contributed by atoms with Gasteiger partial charge in [0.1, 0.15) is 11.5 Å². The maximum absolute atomic E-state index is 12.5. The number of methoxy groups -OCH3 is 2. The summed E-state index contributed by atoms with van der Waals surface area (Å²) >= 11 is 12.1. The molecular formula is C18H16Cl2N2O4. The van der Waals surface area contributed by atoms with Gasteiger partial charge >= 0.3 is 0 Å². The molecule has 1 atom stereocenters. The normalized spacial score (nSPS) is 15.8. The highest BCUT2D eigenvalue weighted by Gasteiger charge is 2.30. The highest BCUT2D eigenvalue weighted by Crippen LogP contribution is 2.30. The van der Waals surface area contributed by atoms with Gasteiger partial charge in [0, 0.05) is 23.1 Å². The summed E-state index contributed by atoms with van der Waals surface area (Å²) in [4.78, 5) is 17.8. The third-order valence-corrected chi connectivity index (χ3v) is 4.42. The molecule has 26 heavy (non-hydrogen) atoms. The first-order chi connectivity index (χ1) is 12.5. The predicted octanol–water partition coefficient (Wildman–Crippen LogP) is 4.14. The molecule has 1 N–H and O–H groups in total. The van der Waals surface area contributed by atoms with Gasteiger partial charge in [0.15, 0.2) is 0 Å². The first-order valence-electron chi connectivity index (χ1n) is 7.73. The minimum absolute atomic E-state index is 0.291. The molecule has 1 aliphatic heterocycles. The van der Waals surface area contributed by atoms with E-state index in [4.69, 9.17) is 37.5 Å². The number of rotatable bonds is 5. The summed E-state index contributed by atoms with van der Waals surface area (Å²) in [5, 5.41) is 7.75. The van der Waals surface area contributed by atoms with Gasteiger partial charge < -0.3 is 19.6 Å². The van der Waals surface area contributed by atoms with Crippen molar-refractivity contribution in [1.29, 1.82) is 0 Å². The van der Waals surface area contributed by atoms with E-state index in [1.54, 1.807) is 43.5 Å². The number of benzene rings is 2. The number of hydrogen-bond acceptors (Lipinski definition) is 5. The molecule has 0 fully saturated rings. The van der Waals surface area contributed by atoms with Gasteiger partial charge in [-0.15, -0.1) is 0 Å². The van der Waals surface area contributed by atoms with E-state index >= 15 is 0 Å². The van der Waals surface area contributed by atoms with Crippen LogP contribution in [-0.2, 0) is 9.63 Å². The van der Waals surface area contributed by atoms with Crippen LogP contribution in [0.5, 0.6) is 11.5 Å². The molecule has 0 aromatic heterocycles. The second kappa shape index (κ2) is 7.85. The third-order valence-electron chi connectivity index (χ3n) is 3.87. The lowest BCUT2D eigenvalue weighted by Crippen LogP contribution is -2.28.